The molecule has 42 heavy (non-hydrogen) atoms. The summed E-state index contributed by atoms with van der Waals surface area (Å²) in [6.45, 7) is 1.71. The lowest BCUT2D eigenvalue weighted by atomic mass is 10.1. The van der Waals surface area contributed by atoms with E-state index in [9.17, 15) is 18.0 Å². The Bertz CT molecular complexity index is 1640. The topological polar surface area (TPSA) is 114 Å². The van der Waals surface area contributed by atoms with Crippen LogP contribution < -0.4 is 24.4 Å². The maximum atomic E-state index is 13.6. The third-order valence-corrected chi connectivity index (χ3v) is 8.32. The smallest absolute Gasteiger partial charge is 0.264 e. The summed E-state index contributed by atoms with van der Waals surface area (Å²) in [4.78, 5) is 26.4. The zero-order valence-corrected chi connectivity index (χ0v) is 24.5. The molecule has 4 aromatic carbocycles. The van der Waals surface area contributed by atoms with E-state index >= 15 is 0 Å². The lowest BCUT2D eigenvalue weighted by molar-refractivity contribution is -0.114. The number of ether oxygens (including phenoxy) is 2. The fourth-order valence-corrected chi connectivity index (χ4v) is 5.73. The number of benzene rings is 4. The van der Waals surface area contributed by atoms with E-state index < -0.39 is 22.5 Å². The van der Waals surface area contributed by atoms with Gasteiger partial charge in [0.1, 0.15) is 6.54 Å². The Hall–Kier alpha value is -4.83. The number of para-hydroxylation sites is 2. The van der Waals surface area contributed by atoms with Gasteiger partial charge in [-0.05, 0) is 67.4 Å². The number of carbonyl (C=O) groups is 2. The molecule has 2 amide bonds. The molecule has 0 saturated carbocycles. The normalized spacial score (nSPS) is 10.9. The molecule has 0 heterocycles. The molecule has 0 saturated heterocycles. The van der Waals surface area contributed by atoms with Crippen LogP contribution in [-0.4, -0.2) is 47.5 Å². The van der Waals surface area contributed by atoms with Crippen molar-refractivity contribution >= 4 is 33.2 Å². The van der Waals surface area contributed by atoms with E-state index in [1.54, 1.807) is 87.0 Å². The molecular weight excluding hydrogens is 554 g/mol. The van der Waals surface area contributed by atoms with Crippen LogP contribution in [0.3, 0.4) is 0 Å². The third kappa shape index (κ3) is 7.27. The molecule has 0 atom stereocenters. The Morgan fingerprint density at radius 3 is 2.17 bits per heavy atom. The van der Waals surface area contributed by atoms with Crippen molar-refractivity contribution in [2.75, 3.05) is 36.9 Å². The number of sulfonamides is 1. The predicted octanol–water partition coefficient (Wildman–Crippen LogP) is 4.82. The number of rotatable bonds is 12. The second kappa shape index (κ2) is 13.7. The van der Waals surface area contributed by atoms with Crippen LogP contribution >= 0.6 is 0 Å². The summed E-state index contributed by atoms with van der Waals surface area (Å²) in [5.41, 5.74) is 2.73. The Morgan fingerprint density at radius 1 is 0.810 bits per heavy atom. The summed E-state index contributed by atoms with van der Waals surface area (Å²) in [6.07, 6.45) is 0.545. The van der Waals surface area contributed by atoms with Gasteiger partial charge in [-0.1, -0.05) is 54.1 Å². The van der Waals surface area contributed by atoms with Crippen LogP contribution in [0.2, 0.25) is 0 Å². The monoisotopic (exact) mass is 587 g/mol. The molecule has 0 aliphatic rings. The number of carbonyl (C=O) groups excluding carboxylic acids is 2. The zero-order chi connectivity index (χ0) is 30.1. The average molecular weight is 588 g/mol. The van der Waals surface area contributed by atoms with Crippen molar-refractivity contribution in [3.05, 3.63) is 114 Å². The first-order chi connectivity index (χ1) is 20.2. The Balaban J connectivity index is 1.47. The summed E-state index contributed by atoms with van der Waals surface area (Å²) in [6, 6.07) is 27.0. The van der Waals surface area contributed by atoms with Gasteiger partial charge in [0.05, 0.1) is 36.1 Å². The quantitative estimate of drug-likeness (QED) is 0.246. The fraction of sp³-hybridized carbons (Fsp3) is 0.188. The molecule has 2 N–H and O–H groups in total. The standard InChI is InChI=1S/C32H33N3O6S/c1-23-13-16-26(17-14-23)42(38,39)35(25-9-5-4-6-10-25)22-31(36)34-28-12-8-7-11-27(28)32(37)33-20-19-24-15-18-29(40-2)30(21-24)41-3/h4-18,21H,19-20,22H2,1-3H3,(H,33,37)(H,34,36). The Labute approximate surface area is 246 Å². The number of nitrogens with one attached hydrogen (secondary N) is 2. The molecular formula is C32H33N3O6S. The molecule has 0 bridgehead atoms. The van der Waals surface area contributed by atoms with Gasteiger partial charge < -0.3 is 20.1 Å². The minimum atomic E-state index is -4.06. The SMILES string of the molecule is COc1ccc(CCNC(=O)c2ccccc2NC(=O)CN(c2ccccc2)S(=O)(=O)c2ccc(C)cc2)cc1OC. The van der Waals surface area contributed by atoms with E-state index in [-0.39, 0.29) is 22.1 Å². The fourth-order valence-electron chi connectivity index (χ4n) is 4.31. The first-order valence-corrected chi connectivity index (χ1v) is 14.7. The molecule has 218 valence electrons. The molecule has 0 radical (unpaired) electrons. The second-order valence-corrected chi connectivity index (χ2v) is 11.3. The van der Waals surface area contributed by atoms with Crippen molar-refractivity contribution in [3.8, 4) is 11.5 Å². The van der Waals surface area contributed by atoms with Gasteiger partial charge in [0.25, 0.3) is 15.9 Å². The van der Waals surface area contributed by atoms with E-state index in [4.69, 9.17) is 9.47 Å². The summed E-state index contributed by atoms with van der Waals surface area (Å²) >= 11 is 0. The predicted molar refractivity (Wildman–Crippen MR) is 163 cm³/mol. The van der Waals surface area contributed by atoms with Crippen molar-refractivity contribution in [2.24, 2.45) is 0 Å². The van der Waals surface area contributed by atoms with Gasteiger partial charge in [0.15, 0.2) is 11.5 Å². The van der Waals surface area contributed by atoms with Crippen LogP contribution in [0.1, 0.15) is 21.5 Å². The average Bonchev–Trinajstić information content (AvgIpc) is 3.00. The number of aryl methyl sites for hydroxylation is 1. The molecule has 9 nitrogen and oxygen atoms in total. The third-order valence-electron chi connectivity index (χ3n) is 6.53. The first-order valence-electron chi connectivity index (χ1n) is 13.3. The van der Waals surface area contributed by atoms with Gasteiger partial charge in [-0.3, -0.25) is 13.9 Å². The van der Waals surface area contributed by atoms with Gasteiger partial charge in [-0.2, -0.15) is 0 Å². The largest absolute Gasteiger partial charge is 0.493 e. The van der Waals surface area contributed by atoms with Crippen molar-refractivity contribution in [2.45, 2.75) is 18.2 Å². The highest BCUT2D eigenvalue weighted by Crippen LogP contribution is 2.28. The number of methoxy groups -OCH3 is 2. The summed E-state index contributed by atoms with van der Waals surface area (Å²) in [7, 11) is -0.929. The highest BCUT2D eigenvalue weighted by molar-refractivity contribution is 7.92. The van der Waals surface area contributed by atoms with Crippen molar-refractivity contribution in [3.63, 3.8) is 0 Å². The highest BCUT2D eigenvalue weighted by Gasteiger charge is 2.27. The molecule has 4 aromatic rings. The highest BCUT2D eigenvalue weighted by atomic mass is 32.2. The molecule has 0 aromatic heterocycles. The maximum Gasteiger partial charge on any atom is 0.264 e. The number of anilines is 2. The van der Waals surface area contributed by atoms with Gasteiger partial charge in [-0.15, -0.1) is 0 Å². The van der Waals surface area contributed by atoms with Crippen molar-refractivity contribution in [1.29, 1.82) is 0 Å². The van der Waals surface area contributed by atoms with Gasteiger partial charge >= 0.3 is 0 Å². The van der Waals surface area contributed by atoms with E-state index in [0.29, 0.717) is 30.2 Å². The maximum absolute atomic E-state index is 13.6. The van der Waals surface area contributed by atoms with Crippen molar-refractivity contribution < 1.29 is 27.5 Å². The van der Waals surface area contributed by atoms with Crippen LogP contribution in [0.5, 0.6) is 11.5 Å². The number of hydrogen-bond acceptors (Lipinski definition) is 6. The van der Waals surface area contributed by atoms with Gasteiger partial charge in [0.2, 0.25) is 5.91 Å². The molecule has 10 heteroatoms. The molecule has 0 aliphatic heterocycles. The lowest BCUT2D eigenvalue weighted by Crippen LogP contribution is -2.38. The number of amides is 2. The van der Waals surface area contributed by atoms with E-state index in [1.807, 2.05) is 19.1 Å². The molecule has 0 unspecified atom stereocenters. The summed E-state index contributed by atoms with van der Waals surface area (Å²) in [5, 5.41) is 5.60. The minimum absolute atomic E-state index is 0.0685. The molecule has 4 rings (SSSR count). The molecule has 0 fully saturated rings. The van der Waals surface area contributed by atoms with Crippen LogP contribution in [0.4, 0.5) is 11.4 Å². The first kappa shape index (κ1) is 30.1. The van der Waals surface area contributed by atoms with Crippen molar-refractivity contribution in [1.82, 2.24) is 5.32 Å². The second-order valence-electron chi connectivity index (χ2n) is 9.45. The van der Waals surface area contributed by atoms with Gasteiger partial charge in [0, 0.05) is 6.54 Å². The number of hydrogen-bond donors (Lipinski definition) is 2. The van der Waals surface area contributed by atoms with Crippen LogP contribution in [0.25, 0.3) is 0 Å². The van der Waals surface area contributed by atoms with E-state index in [2.05, 4.69) is 10.6 Å². The summed E-state index contributed by atoms with van der Waals surface area (Å²) < 4.78 is 38.8. The molecule has 0 aliphatic carbocycles. The zero-order valence-electron chi connectivity index (χ0n) is 23.7. The Morgan fingerprint density at radius 2 is 1.48 bits per heavy atom. The van der Waals surface area contributed by atoms with E-state index in [1.165, 1.54) is 12.1 Å². The van der Waals surface area contributed by atoms with Crippen LogP contribution in [-0.2, 0) is 21.2 Å². The van der Waals surface area contributed by atoms with Crippen LogP contribution in [0, 0.1) is 6.92 Å². The number of nitrogens with zero attached hydrogens (tertiary/aromatic N) is 1. The van der Waals surface area contributed by atoms with E-state index in [0.717, 1.165) is 15.4 Å². The summed E-state index contributed by atoms with van der Waals surface area (Å²) in [5.74, 6) is 0.245. The van der Waals surface area contributed by atoms with Gasteiger partial charge in [-0.25, -0.2) is 8.42 Å². The minimum Gasteiger partial charge on any atom is -0.493 e. The van der Waals surface area contributed by atoms with Crippen LogP contribution in [0.15, 0.2) is 102 Å². The Kier molecular flexibility index (Phi) is 9.82. The lowest BCUT2D eigenvalue weighted by Gasteiger charge is -2.24. The molecule has 0 spiro atoms.